The molecule has 0 aliphatic heterocycles. The van der Waals surface area contributed by atoms with E-state index in [0.717, 1.165) is 11.1 Å². The lowest BCUT2D eigenvalue weighted by Crippen LogP contribution is -2.09. The van der Waals surface area contributed by atoms with Gasteiger partial charge in [-0.1, -0.05) is 30.3 Å². The van der Waals surface area contributed by atoms with E-state index in [9.17, 15) is 19.2 Å². The molecule has 0 atom stereocenters. The molecule has 178 valence electrons. The molecule has 0 saturated heterocycles. The minimum atomic E-state index is -1.14. The third-order valence-electron chi connectivity index (χ3n) is 5.18. The summed E-state index contributed by atoms with van der Waals surface area (Å²) in [7, 11) is 0. The summed E-state index contributed by atoms with van der Waals surface area (Å²) in [6, 6.07) is 24.5. The van der Waals surface area contributed by atoms with E-state index >= 15 is 0 Å². The van der Waals surface area contributed by atoms with Crippen molar-refractivity contribution in [2.75, 3.05) is 0 Å². The maximum Gasteiger partial charge on any atom is 0.343 e. The zero-order valence-corrected chi connectivity index (χ0v) is 18.6. The largest absolute Gasteiger partial charge is 0.478 e. The number of carboxylic acid groups (broad SMARTS) is 2. The number of carbonyl (C=O) groups excluding carboxylic acids is 2. The minimum absolute atomic E-state index is 0.00924. The van der Waals surface area contributed by atoms with Gasteiger partial charge in [-0.2, -0.15) is 0 Å². The van der Waals surface area contributed by atoms with Gasteiger partial charge in [-0.05, 0) is 77.9 Å². The Balaban J connectivity index is 1.39. The van der Waals surface area contributed by atoms with Crippen LogP contribution < -0.4 is 9.47 Å². The molecule has 4 rings (SSSR count). The number of aromatic carboxylic acids is 2. The Morgan fingerprint density at radius 2 is 0.889 bits per heavy atom. The van der Waals surface area contributed by atoms with Crippen LogP contribution in [0.5, 0.6) is 11.5 Å². The molecule has 0 heterocycles. The number of carbonyl (C=O) groups is 4. The van der Waals surface area contributed by atoms with Crippen molar-refractivity contribution in [3.05, 3.63) is 119 Å². The molecular formula is C28H18O8. The molecule has 0 spiro atoms. The molecule has 0 fully saturated rings. The smallest absolute Gasteiger partial charge is 0.343 e. The number of ether oxygens (including phenoxy) is 2. The summed E-state index contributed by atoms with van der Waals surface area (Å²) >= 11 is 0. The molecule has 0 aromatic heterocycles. The van der Waals surface area contributed by atoms with Crippen LogP contribution in [-0.4, -0.2) is 34.1 Å². The summed E-state index contributed by atoms with van der Waals surface area (Å²) in [5, 5.41) is 18.0. The Kier molecular flexibility index (Phi) is 6.87. The molecule has 2 N–H and O–H groups in total. The van der Waals surface area contributed by atoms with Crippen LogP contribution in [0.2, 0.25) is 0 Å². The van der Waals surface area contributed by atoms with Crippen LogP contribution in [-0.2, 0) is 0 Å². The summed E-state index contributed by atoms with van der Waals surface area (Å²) in [5.41, 5.74) is 2.07. The standard InChI is InChI=1S/C28H18O8/c29-25(30)19-4-6-20(7-5-19)27(33)35-23-12-8-17(9-13-23)18-10-14-24(15-11-18)36-28(34)22-3-1-2-21(16-22)26(31)32/h1-16H,(H,29,30)(H,31,32). The molecule has 0 bridgehead atoms. The van der Waals surface area contributed by atoms with Crippen LogP contribution in [0.4, 0.5) is 0 Å². The van der Waals surface area contributed by atoms with E-state index in [1.165, 1.54) is 48.5 Å². The van der Waals surface area contributed by atoms with Crippen molar-refractivity contribution in [1.29, 1.82) is 0 Å². The van der Waals surface area contributed by atoms with Gasteiger partial charge in [0, 0.05) is 0 Å². The second-order valence-corrected chi connectivity index (χ2v) is 7.60. The van der Waals surface area contributed by atoms with Crippen LogP contribution >= 0.6 is 0 Å². The highest BCUT2D eigenvalue weighted by atomic mass is 16.5. The second-order valence-electron chi connectivity index (χ2n) is 7.60. The second kappa shape index (κ2) is 10.4. The van der Waals surface area contributed by atoms with E-state index in [4.69, 9.17) is 19.7 Å². The fourth-order valence-electron chi connectivity index (χ4n) is 3.29. The summed E-state index contributed by atoms with van der Waals surface area (Å²) in [5.74, 6) is -2.88. The highest BCUT2D eigenvalue weighted by Crippen LogP contribution is 2.25. The van der Waals surface area contributed by atoms with Gasteiger partial charge >= 0.3 is 23.9 Å². The predicted molar refractivity (Wildman–Crippen MR) is 129 cm³/mol. The quantitative estimate of drug-likeness (QED) is 0.272. The molecular weight excluding hydrogens is 464 g/mol. The average molecular weight is 482 g/mol. The van der Waals surface area contributed by atoms with Gasteiger partial charge in [0.1, 0.15) is 11.5 Å². The van der Waals surface area contributed by atoms with Crippen LogP contribution in [0, 0.1) is 0 Å². The van der Waals surface area contributed by atoms with E-state index in [1.807, 2.05) is 0 Å². The average Bonchev–Trinajstić information content (AvgIpc) is 2.89. The monoisotopic (exact) mass is 482 g/mol. The SMILES string of the molecule is O=C(O)c1ccc(C(=O)Oc2ccc(-c3ccc(OC(=O)c4cccc(C(=O)O)c4)cc3)cc2)cc1. The van der Waals surface area contributed by atoms with Crippen molar-refractivity contribution in [2.24, 2.45) is 0 Å². The molecule has 0 saturated carbocycles. The lowest BCUT2D eigenvalue weighted by Gasteiger charge is -2.08. The zero-order chi connectivity index (χ0) is 25.7. The predicted octanol–water partition coefficient (Wildman–Crippen LogP) is 5.19. The van der Waals surface area contributed by atoms with Crippen molar-refractivity contribution < 1.29 is 38.9 Å². The molecule has 8 heteroatoms. The van der Waals surface area contributed by atoms with Crippen LogP contribution in [0.3, 0.4) is 0 Å². The number of hydrogen-bond acceptors (Lipinski definition) is 6. The number of carboxylic acids is 2. The van der Waals surface area contributed by atoms with E-state index < -0.39 is 23.9 Å². The topological polar surface area (TPSA) is 127 Å². The Labute approximate surface area is 205 Å². The third kappa shape index (κ3) is 5.63. The molecule has 8 nitrogen and oxygen atoms in total. The van der Waals surface area contributed by atoms with Gasteiger partial charge in [0.25, 0.3) is 0 Å². The maximum absolute atomic E-state index is 12.3. The van der Waals surface area contributed by atoms with Gasteiger partial charge in [-0.15, -0.1) is 0 Å². The lowest BCUT2D eigenvalue weighted by atomic mass is 10.1. The first-order valence-corrected chi connectivity index (χ1v) is 10.6. The molecule has 4 aromatic rings. The normalized spacial score (nSPS) is 10.3. The highest BCUT2D eigenvalue weighted by molar-refractivity contribution is 5.95. The number of rotatable bonds is 7. The first-order valence-electron chi connectivity index (χ1n) is 10.6. The Bertz CT molecular complexity index is 1440. The summed E-state index contributed by atoms with van der Waals surface area (Å²) < 4.78 is 10.7. The lowest BCUT2D eigenvalue weighted by molar-refractivity contribution is 0.0685. The number of benzene rings is 4. The van der Waals surface area contributed by atoms with Gasteiger partial charge in [-0.25, -0.2) is 19.2 Å². The van der Waals surface area contributed by atoms with E-state index in [0.29, 0.717) is 11.5 Å². The Morgan fingerprint density at radius 1 is 0.472 bits per heavy atom. The molecule has 4 aromatic carbocycles. The fraction of sp³-hybridized carbons (Fsp3) is 0. The molecule has 0 amide bonds. The molecule has 0 aliphatic carbocycles. The number of hydrogen-bond donors (Lipinski definition) is 2. The summed E-state index contributed by atoms with van der Waals surface area (Å²) in [6.45, 7) is 0. The van der Waals surface area contributed by atoms with Crippen molar-refractivity contribution >= 4 is 23.9 Å². The summed E-state index contributed by atoms with van der Waals surface area (Å²) in [4.78, 5) is 46.6. The van der Waals surface area contributed by atoms with E-state index in [-0.39, 0.29) is 22.3 Å². The van der Waals surface area contributed by atoms with Crippen molar-refractivity contribution in [3.63, 3.8) is 0 Å². The van der Waals surface area contributed by atoms with Gasteiger partial charge in [0.05, 0.1) is 22.3 Å². The Hall–Kier alpha value is -5.24. The Morgan fingerprint density at radius 3 is 1.36 bits per heavy atom. The van der Waals surface area contributed by atoms with Gasteiger partial charge < -0.3 is 19.7 Å². The van der Waals surface area contributed by atoms with E-state index in [2.05, 4.69) is 0 Å². The first-order chi connectivity index (χ1) is 17.3. The van der Waals surface area contributed by atoms with Crippen molar-refractivity contribution in [1.82, 2.24) is 0 Å². The fourth-order valence-corrected chi connectivity index (χ4v) is 3.29. The van der Waals surface area contributed by atoms with E-state index in [1.54, 1.807) is 48.5 Å². The van der Waals surface area contributed by atoms with Crippen molar-refractivity contribution in [3.8, 4) is 22.6 Å². The van der Waals surface area contributed by atoms with Crippen molar-refractivity contribution in [2.45, 2.75) is 0 Å². The molecule has 0 radical (unpaired) electrons. The van der Waals surface area contributed by atoms with Gasteiger partial charge in [0.2, 0.25) is 0 Å². The number of esters is 2. The van der Waals surface area contributed by atoms with Crippen LogP contribution in [0.1, 0.15) is 41.4 Å². The third-order valence-corrected chi connectivity index (χ3v) is 5.18. The molecule has 0 aliphatic rings. The highest BCUT2D eigenvalue weighted by Gasteiger charge is 2.13. The zero-order valence-electron chi connectivity index (χ0n) is 18.6. The van der Waals surface area contributed by atoms with Gasteiger partial charge in [-0.3, -0.25) is 0 Å². The molecule has 0 unspecified atom stereocenters. The van der Waals surface area contributed by atoms with Crippen LogP contribution in [0.25, 0.3) is 11.1 Å². The molecule has 36 heavy (non-hydrogen) atoms. The van der Waals surface area contributed by atoms with Gasteiger partial charge in [0.15, 0.2) is 0 Å². The maximum atomic E-state index is 12.3. The summed E-state index contributed by atoms with van der Waals surface area (Å²) in [6.07, 6.45) is 0. The van der Waals surface area contributed by atoms with Crippen LogP contribution in [0.15, 0.2) is 97.1 Å². The first kappa shape index (κ1) is 23.9. The minimum Gasteiger partial charge on any atom is -0.478 e.